The van der Waals surface area contributed by atoms with E-state index in [9.17, 15) is 26.0 Å². The van der Waals surface area contributed by atoms with Gasteiger partial charge in [-0.15, -0.1) is 0 Å². The lowest BCUT2D eigenvalue weighted by Crippen LogP contribution is -2.38. The molecular formula is C18H24F4N2O5S. The van der Waals surface area contributed by atoms with Crippen molar-refractivity contribution in [2.45, 2.75) is 17.5 Å². The lowest BCUT2D eigenvalue weighted by molar-refractivity contribution is -0.192. The fraction of sp³-hybridized carbons (Fsp3) is 0.611. The summed E-state index contributed by atoms with van der Waals surface area (Å²) in [6.45, 7) is 3.38. The number of methoxy groups -OCH3 is 1. The molecule has 30 heavy (non-hydrogen) atoms. The van der Waals surface area contributed by atoms with Crippen LogP contribution >= 0.6 is 0 Å². The molecule has 0 radical (unpaired) electrons. The van der Waals surface area contributed by atoms with E-state index in [0.29, 0.717) is 25.6 Å². The molecule has 0 unspecified atom stereocenters. The zero-order chi connectivity index (χ0) is 22.7. The zero-order valence-corrected chi connectivity index (χ0v) is 17.3. The SMILES string of the molecule is COC[C@@H]1CN(C)C[C@@]12CCN(S(=O)(=O)c1cccc(F)c1)C2.O=C(O)C(F)(F)F. The average Bonchev–Trinajstić information content (AvgIpc) is 3.19. The molecule has 1 aromatic carbocycles. The lowest BCUT2D eigenvalue weighted by atomic mass is 9.78. The summed E-state index contributed by atoms with van der Waals surface area (Å²) in [5, 5.41) is 7.12. The van der Waals surface area contributed by atoms with E-state index in [0.717, 1.165) is 25.6 Å². The van der Waals surface area contributed by atoms with E-state index >= 15 is 0 Å². The Balaban J connectivity index is 0.000000396. The van der Waals surface area contributed by atoms with E-state index in [2.05, 4.69) is 11.9 Å². The highest BCUT2D eigenvalue weighted by Gasteiger charge is 2.51. The van der Waals surface area contributed by atoms with Crippen LogP contribution in [-0.2, 0) is 19.6 Å². The van der Waals surface area contributed by atoms with Crippen molar-refractivity contribution in [3.8, 4) is 0 Å². The fourth-order valence-electron chi connectivity index (χ4n) is 4.03. The van der Waals surface area contributed by atoms with Crippen molar-refractivity contribution in [2.75, 3.05) is 46.9 Å². The number of carboxylic acids is 1. The van der Waals surface area contributed by atoms with Gasteiger partial charge in [0.1, 0.15) is 5.82 Å². The van der Waals surface area contributed by atoms with Crippen LogP contribution in [0.5, 0.6) is 0 Å². The maximum atomic E-state index is 13.4. The van der Waals surface area contributed by atoms with Crippen molar-refractivity contribution < 1.29 is 40.6 Å². The van der Waals surface area contributed by atoms with Gasteiger partial charge in [-0.25, -0.2) is 17.6 Å². The Morgan fingerprint density at radius 2 is 1.97 bits per heavy atom. The number of benzene rings is 1. The van der Waals surface area contributed by atoms with Gasteiger partial charge in [-0.3, -0.25) is 0 Å². The van der Waals surface area contributed by atoms with Crippen molar-refractivity contribution >= 4 is 16.0 Å². The predicted molar refractivity (Wildman–Crippen MR) is 98.8 cm³/mol. The molecule has 2 atom stereocenters. The van der Waals surface area contributed by atoms with Gasteiger partial charge in [0.15, 0.2) is 0 Å². The van der Waals surface area contributed by atoms with Crippen LogP contribution in [0.2, 0.25) is 0 Å². The molecule has 12 heteroatoms. The van der Waals surface area contributed by atoms with E-state index in [-0.39, 0.29) is 10.3 Å². The molecule has 170 valence electrons. The second-order valence-electron chi connectivity index (χ2n) is 7.56. The number of nitrogens with zero attached hydrogens (tertiary/aromatic N) is 2. The van der Waals surface area contributed by atoms with E-state index in [4.69, 9.17) is 14.6 Å². The molecule has 1 N–H and O–H groups in total. The Labute approximate surface area is 172 Å². The number of halogens is 4. The molecule has 0 saturated carbocycles. The molecule has 2 saturated heterocycles. The van der Waals surface area contributed by atoms with Gasteiger partial charge >= 0.3 is 12.1 Å². The molecule has 7 nitrogen and oxygen atoms in total. The first-order valence-electron chi connectivity index (χ1n) is 9.05. The van der Waals surface area contributed by atoms with Crippen LogP contribution in [0.25, 0.3) is 0 Å². The van der Waals surface area contributed by atoms with E-state index in [1.807, 2.05) is 0 Å². The third kappa shape index (κ3) is 5.48. The molecule has 2 aliphatic heterocycles. The standard InChI is InChI=1S/C16H23FN2O3S.C2HF3O2/c1-18-9-13(10-22-2)16(11-18)6-7-19(12-16)23(20,21)15-5-3-4-14(17)8-15;3-2(4,5)1(6)7/h3-5,8,13H,6-7,9-12H2,1-2H3;(H,6,7)/t13-,16+;/m0./s1. The largest absolute Gasteiger partial charge is 0.490 e. The van der Waals surface area contributed by atoms with E-state index < -0.39 is 28.0 Å². The minimum atomic E-state index is -5.08. The van der Waals surface area contributed by atoms with Gasteiger partial charge in [0.05, 0.1) is 11.5 Å². The van der Waals surface area contributed by atoms with Crippen LogP contribution < -0.4 is 0 Å². The van der Waals surface area contributed by atoms with Crippen LogP contribution in [0.15, 0.2) is 29.2 Å². The average molecular weight is 456 g/mol. The van der Waals surface area contributed by atoms with Crippen molar-refractivity contribution in [3.63, 3.8) is 0 Å². The number of hydrogen-bond donors (Lipinski definition) is 1. The minimum Gasteiger partial charge on any atom is -0.475 e. The summed E-state index contributed by atoms with van der Waals surface area (Å²) in [6, 6.07) is 5.24. The number of rotatable bonds is 4. The van der Waals surface area contributed by atoms with Crippen LogP contribution in [-0.4, -0.2) is 81.8 Å². The van der Waals surface area contributed by atoms with Crippen LogP contribution in [0.1, 0.15) is 6.42 Å². The topological polar surface area (TPSA) is 87.2 Å². The van der Waals surface area contributed by atoms with Crippen LogP contribution in [0, 0.1) is 17.2 Å². The maximum Gasteiger partial charge on any atom is 0.490 e. The molecular weight excluding hydrogens is 432 g/mol. The third-order valence-electron chi connectivity index (χ3n) is 5.38. The van der Waals surface area contributed by atoms with Crippen molar-refractivity contribution in [3.05, 3.63) is 30.1 Å². The highest BCUT2D eigenvalue weighted by molar-refractivity contribution is 7.89. The minimum absolute atomic E-state index is 0.0317. The lowest BCUT2D eigenvalue weighted by Gasteiger charge is -2.30. The normalized spacial score (nSPS) is 25.3. The van der Waals surface area contributed by atoms with Gasteiger partial charge in [0.2, 0.25) is 10.0 Å². The molecule has 1 aromatic rings. The first-order valence-corrected chi connectivity index (χ1v) is 10.5. The summed E-state index contributed by atoms with van der Waals surface area (Å²) >= 11 is 0. The number of likely N-dealkylation sites (tertiary alicyclic amines) is 1. The summed E-state index contributed by atoms with van der Waals surface area (Å²) in [4.78, 5) is 11.2. The quantitative estimate of drug-likeness (QED) is 0.698. The number of alkyl halides is 3. The number of carbonyl (C=O) groups is 1. The summed E-state index contributed by atoms with van der Waals surface area (Å²) in [5.74, 6) is -2.96. The second-order valence-corrected chi connectivity index (χ2v) is 9.50. The first kappa shape index (κ1) is 24.5. The number of aliphatic carboxylic acids is 1. The van der Waals surface area contributed by atoms with Gasteiger partial charge in [-0.1, -0.05) is 6.07 Å². The molecule has 0 bridgehead atoms. The van der Waals surface area contributed by atoms with E-state index in [1.54, 1.807) is 7.11 Å². The molecule has 2 aliphatic rings. The van der Waals surface area contributed by atoms with Crippen LogP contribution in [0.3, 0.4) is 0 Å². The van der Waals surface area contributed by atoms with Gasteiger partial charge < -0.3 is 14.7 Å². The Morgan fingerprint density at radius 3 is 2.50 bits per heavy atom. The molecule has 2 fully saturated rings. The Hall–Kier alpha value is -1.76. The molecule has 1 spiro atoms. The first-order chi connectivity index (χ1) is 13.8. The Kier molecular flexibility index (Phi) is 7.49. The maximum absolute atomic E-state index is 13.4. The fourth-order valence-corrected chi connectivity index (χ4v) is 5.60. The molecule has 2 heterocycles. The van der Waals surface area contributed by atoms with Gasteiger partial charge in [-0.2, -0.15) is 17.5 Å². The van der Waals surface area contributed by atoms with Crippen molar-refractivity contribution in [1.82, 2.24) is 9.21 Å². The van der Waals surface area contributed by atoms with Gasteiger partial charge in [0.25, 0.3) is 0 Å². The highest BCUT2D eigenvalue weighted by atomic mass is 32.2. The molecule has 0 aliphatic carbocycles. The van der Waals surface area contributed by atoms with Crippen molar-refractivity contribution in [1.29, 1.82) is 0 Å². The zero-order valence-electron chi connectivity index (χ0n) is 16.5. The Morgan fingerprint density at radius 1 is 1.33 bits per heavy atom. The highest BCUT2D eigenvalue weighted by Crippen LogP contribution is 2.44. The number of hydrogen-bond acceptors (Lipinski definition) is 5. The summed E-state index contributed by atoms with van der Waals surface area (Å²) in [6.07, 6.45) is -4.26. The monoisotopic (exact) mass is 456 g/mol. The Bertz CT molecular complexity index is 864. The number of sulfonamides is 1. The molecule has 0 amide bonds. The predicted octanol–water partition coefficient (Wildman–Crippen LogP) is 2.05. The van der Waals surface area contributed by atoms with E-state index in [1.165, 1.54) is 22.5 Å². The summed E-state index contributed by atoms with van der Waals surface area (Å²) in [7, 11) is 0.0930. The molecule has 3 rings (SSSR count). The third-order valence-corrected chi connectivity index (χ3v) is 7.22. The smallest absolute Gasteiger partial charge is 0.475 e. The van der Waals surface area contributed by atoms with Crippen molar-refractivity contribution in [2.24, 2.45) is 11.3 Å². The number of ether oxygens (including phenoxy) is 1. The summed E-state index contributed by atoms with van der Waals surface area (Å²) in [5.41, 5.74) is -0.0643. The van der Waals surface area contributed by atoms with Gasteiger partial charge in [-0.05, 0) is 31.7 Å². The second kappa shape index (κ2) is 9.16. The van der Waals surface area contributed by atoms with Gasteiger partial charge in [0, 0.05) is 44.6 Å². The molecule has 0 aromatic heterocycles. The summed E-state index contributed by atoms with van der Waals surface area (Å²) < 4.78 is 77.5. The van der Waals surface area contributed by atoms with Crippen LogP contribution in [0.4, 0.5) is 17.6 Å². The number of carboxylic acid groups (broad SMARTS) is 1.